The summed E-state index contributed by atoms with van der Waals surface area (Å²) >= 11 is 0. The molecule has 0 aliphatic rings. The molecule has 7 nitrogen and oxygen atoms in total. The lowest BCUT2D eigenvalue weighted by molar-refractivity contribution is 0.146. The van der Waals surface area contributed by atoms with Crippen LogP contribution in [0.5, 0.6) is 5.75 Å². The molecule has 1 aromatic heterocycles. The van der Waals surface area contributed by atoms with E-state index in [1.165, 1.54) is 4.31 Å². The summed E-state index contributed by atoms with van der Waals surface area (Å²) in [5, 5.41) is 4.07. The Morgan fingerprint density at radius 2 is 1.92 bits per heavy atom. The maximum Gasteiger partial charge on any atom is 0.243 e. The van der Waals surface area contributed by atoms with Gasteiger partial charge in [0.05, 0.1) is 17.7 Å². The van der Waals surface area contributed by atoms with Gasteiger partial charge in [0.15, 0.2) is 0 Å². The van der Waals surface area contributed by atoms with Crippen molar-refractivity contribution in [3.05, 3.63) is 42.2 Å². The number of methoxy groups -OCH3 is 1. The summed E-state index contributed by atoms with van der Waals surface area (Å²) in [4.78, 5) is 0.243. The fourth-order valence-corrected chi connectivity index (χ4v) is 3.66. The largest absolute Gasteiger partial charge is 0.491 e. The lowest BCUT2D eigenvalue weighted by Crippen LogP contribution is -2.30. The van der Waals surface area contributed by atoms with Gasteiger partial charge in [-0.25, -0.2) is 8.42 Å². The average molecular weight is 353 g/mol. The third kappa shape index (κ3) is 4.56. The normalized spacial score (nSPS) is 11.8. The first-order chi connectivity index (χ1) is 11.5. The van der Waals surface area contributed by atoms with Crippen LogP contribution in [-0.4, -0.2) is 49.4 Å². The van der Waals surface area contributed by atoms with Crippen molar-refractivity contribution in [1.29, 1.82) is 0 Å². The lowest BCUT2D eigenvalue weighted by atomic mass is 10.3. The molecular weight excluding hydrogens is 330 g/mol. The number of ether oxygens (including phenoxy) is 2. The highest BCUT2D eigenvalue weighted by Gasteiger charge is 2.23. The van der Waals surface area contributed by atoms with Gasteiger partial charge in [-0.1, -0.05) is 6.92 Å². The van der Waals surface area contributed by atoms with Crippen LogP contribution in [0.3, 0.4) is 0 Å². The third-order valence-electron chi connectivity index (χ3n) is 3.49. The van der Waals surface area contributed by atoms with Crippen molar-refractivity contribution in [3.63, 3.8) is 0 Å². The quantitative estimate of drug-likeness (QED) is 0.641. The fourth-order valence-electron chi connectivity index (χ4n) is 2.22. The van der Waals surface area contributed by atoms with Gasteiger partial charge < -0.3 is 9.47 Å². The minimum atomic E-state index is -3.57. The van der Waals surface area contributed by atoms with E-state index in [9.17, 15) is 8.42 Å². The Labute approximate surface area is 142 Å². The summed E-state index contributed by atoms with van der Waals surface area (Å²) < 4.78 is 39.0. The molecule has 0 amide bonds. The molecule has 0 atom stereocenters. The van der Waals surface area contributed by atoms with Gasteiger partial charge in [0.25, 0.3) is 0 Å². The van der Waals surface area contributed by atoms with E-state index in [1.807, 2.05) is 13.1 Å². The van der Waals surface area contributed by atoms with Crippen molar-refractivity contribution in [2.45, 2.75) is 18.4 Å². The second kappa shape index (κ2) is 8.27. The molecule has 8 heteroatoms. The topological polar surface area (TPSA) is 73.7 Å². The van der Waals surface area contributed by atoms with E-state index in [0.29, 0.717) is 32.1 Å². The molecule has 0 unspecified atom stereocenters. The molecule has 0 spiro atoms. The van der Waals surface area contributed by atoms with Crippen LogP contribution in [0.4, 0.5) is 0 Å². The minimum absolute atomic E-state index is 0.243. The molecule has 0 aliphatic carbocycles. The first-order valence-electron chi connectivity index (χ1n) is 7.67. The summed E-state index contributed by atoms with van der Waals surface area (Å²) in [6.45, 7) is 3.39. The predicted molar refractivity (Wildman–Crippen MR) is 90.3 cm³/mol. The number of aromatic nitrogens is 2. The van der Waals surface area contributed by atoms with E-state index in [0.717, 1.165) is 5.56 Å². The van der Waals surface area contributed by atoms with E-state index in [1.54, 1.807) is 49.3 Å². The fraction of sp³-hybridized carbons (Fsp3) is 0.438. The maximum absolute atomic E-state index is 12.8. The molecule has 2 rings (SSSR count). The first kappa shape index (κ1) is 18.4. The number of hydrogen-bond donors (Lipinski definition) is 0. The van der Waals surface area contributed by atoms with E-state index < -0.39 is 10.0 Å². The molecule has 24 heavy (non-hydrogen) atoms. The van der Waals surface area contributed by atoms with E-state index in [2.05, 4.69) is 5.10 Å². The van der Waals surface area contributed by atoms with Gasteiger partial charge in [-0.2, -0.15) is 9.40 Å². The molecule has 0 N–H and O–H groups in total. The monoisotopic (exact) mass is 353 g/mol. The lowest BCUT2D eigenvalue weighted by Gasteiger charge is -2.20. The van der Waals surface area contributed by atoms with Gasteiger partial charge in [-0.05, 0) is 24.3 Å². The third-order valence-corrected chi connectivity index (χ3v) is 5.42. The second-order valence-corrected chi connectivity index (χ2v) is 7.20. The van der Waals surface area contributed by atoms with Crippen LogP contribution in [-0.2, 0) is 28.4 Å². The van der Waals surface area contributed by atoms with Crippen molar-refractivity contribution >= 4 is 10.0 Å². The molecule has 0 fully saturated rings. The average Bonchev–Trinajstić information content (AvgIpc) is 2.98. The standard InChI is InChI=1S/C16H23N3O4S/c1-4-19(13-14-11-17-18(2)12-14)24(20,21)16-7-5-15(6-8-16)23-10-9-22-3/h5-8,11-12H,4,9-10,13H2,1-3H3. The van der Waals surface area contributed by atoms with Crippen LogP contribution in [0.15, 0.2) is 41.6 Å². The van der Waals surface area contributed by atoms with Crippen LogP contribution >= 0.6 is 0 Å². The SMILES string of the molecule is CCN(Cc1cnn(C)c1)S(=O)(=O)c1ccc(OCCOC)cc1. The molecule has 0 aliphatic heterocycles. The zero-order valence-electron chi connectivity index (χ0n) is 14.2. The van der Waals surface area contributed by atoms with Gasteiger partial charge in [0.1, 0.15) is 12.4 Å². The van der Waals surface area contributed by atoms with Gasteiger partial charge >= 0.3 is 0 Å². The van der Waals surface area contributed by atoms with Crippen LogP contribution in [0, 0.1) is 0 Å². The Bertz CT molecular complexity index is 741. The molecule has 2 aromatic rings. The van der Waals surface area contributed by atoms with Crippen molar-refractivity contribution in [2.75, 3.05) is 26.9 Å². The number of benzene rings is 1. The van der Waals surface area contributed by atoms with E-state index >= 15 is 0 Å². The Morgan fingerprint density at radius 1 is 1.21 bits per heavy atom. The summed E-state index contributed by atoms with van der Waals surface area (Å²) in [6, 6.07) is 6.42. The van der Waals surface area contributed by atoms with Gasteiger partial charge in [0.2, 0.25) is 10.0 Å². The highest BCUT2D eigenvalue weighted by atomic mass is 32.2. The molecule has 0 bridgehead atoms. The van der Waals surface area contributed by atoms with E-state index in [-0.39, 0.29) is 4.90 Å². The smallest absolute Gasteiger partial charge is 0.243 e. The number of aryl methyl sites for hydroxylation is 1. The van der Waals surface area contributed by atoms with Crippen LogP contribution < -0.4 is 4.74 Å². The summed E-state index contributed by atoms with van der Waals surface area (Å²) in [5.41, 5.74) is 0.849. The molecule has 0 saturated carbocycles. The number of nitrogens with zero attached hydrogens (tertiary/aromatic N) is 3. The van der Waals surface area contributed by atoms with Crippen molar-refractivity contribution in [3.8, 4) is 5.75 Å². The molecule has 1 heterocycles. The zero-order chi connectivity index (χ0) is 17.6. The van der Waals surface area contributed by atoms with Crippen LogP contribution in [0.25, 0.3) is 0 Å². The van der Waals surface area contributed by atoms with Gasteiger partial charge in [-0.15, -0.1) is 0 Å². The van der Waals surface area contributed by atoms with E-state index in [4.69, 9.17) is 9.47 Å². The molecule has 1 aromatic carbocycles. The van der Waals surface area contributed by atoms with Crippen molar-refractivity contribution in [1.82, 2.24) is 14.1 Å². The van der Waals surface area contributed by atoms with Gasteiger partial charge in [0, 0.05) is 39.0 Å². The Kier molecular flexibility index (Phi) is 6.36. The number of sulfonamides is 1. The maximum atomic E-state index is 12.8. The Balaban J connectivity index is 2.12. The molecular formula is C16H23N3O4S. The molecule has 0 radical (unpaired) electrons. The summed E-state index contributed by atoms with van der Waals surface area (Å²) in [7, 11) is -0.166. The molecule has 0 saturated heterocycles. The minimum Gasteiger partial charge on any atom is -0.491 e. The number of rotatable bonds is 9. The first-order valence-corrected chi connectivity index (χ1v) is 9.11. The summed E-state index contributed by atoms with van der Waals surface area (Å²) in [5.74, 6) is 0.612. The van der Waals surface area contributed by atoms with Crippen molar-refractivity contribution < 1.29 is 17.9 Å². The highest BCUT2D eigenvalue weighted by molar-refractivity contribution is 7.89. The van der Waals surface area contributed by atoms with Crippen molar-refractivity contribution in [2.24, 2.45) is 7.05 Å². The second-order valence-electron chi connectivity index (χ2n) is 5.27. The Hall–Kier alpha value is -1.90. The van der Waals surface area contributed by atoms with Crippen LogP contribution in [0.1, 0.15) is 12.5 Å². The van der Waals surface area contributed by atoms with Gasteiger partial charge in [-0.3, -0.25) is 4.68 Å². The highest BCUT2D eigenvalue weighted by Crippen LogP contribution is 2.21. The van der Waals surface area contributed by atoms with Crippen LogP contribution in [0.2, 0.25) is 0 Å². The summed E-state index contributed by atoms with van der Waals surface area (Å²) in [6.07, 6.45) is 3.48. The zero-order valence-corrected chi connectivity index (χ0v) is 15.0. The number of hydrogen-bond acceptors (Lipinski definition) is 5. The predicted octanol–water partition coefficient (Wildman–Crippen LogP) is 1.66. The molecule has 132 valence electrons. The Morgan fingerprint density at radius 3 is 2.46 bits per heavy atom.